The molecule has 6 nitrogen and oxygen atoms in total. The number of imidazole rings is 1. The SMILES string of the molecule is O=C1NCC=C2c3c(O)ncn3C(=O)CC12. The van der Waals surface area contributed by atoms with Crippen molar-refractivity contribution >= 4 is 17.4 Å². The van der Waals surface area contributed by atoms with Crippen molar-refractivity contribution < 1.29 is 14.7 Å². The van der Waals surface area contributed by atoms with Gasteiger partial charge in [0.25, 0.3) is 0 Å². The van der Waals surface area contributed by atoms with Gasteiger partial charge in [0.2, 0.25) is 17.7 Å². The van der Waals surface area contributed by atoms with Crippen LogP contribution in [0, 0.1) is 5.92 Å². The van der Waals surface area contributed by atoms with Gasteiger partial charge in [-0.05, 0) is 5.57 Å². The topological polar surface area (TPSA) is 84.2 Å². The van der Waals surface area contributed by atoms with Crippen molar-refractivity contribution in [3.63, 3.8) is 0 Å². The van der Waals surface area contributed by atoms with Crippen LogP contribution in [0.25, 0.3) is 5.57 Å². The number of fused-ring (bicyclic) bond motifs is 3. The molecule has 0 saturated carbocycles. The Morgan fingerprint density at radius 3 is 3.12 bits per heavy atom. The van der Waals surface area contributed by atoms with E-state index in [-0.39, 0.29) is 24.1 Å². The van der Waals surface area contributed by atoms with Crippen LogP contribution in [0.5, 0.6) is 5.88 Å². The van der Waals surface area contributed by atoms with Gasteiger partial charge in [-0.15, -0.1) is 0 Å². The van der Waals surface area contributed by atoms with Crippen molar-refractivity contribution in [1.29, 1.82) is 0 Å². The van der Waals surface area contributed by atoms with Gasteiger partial charge < -0.3 is 10.4 Å². The normalized spacial score (nSPS) is 23.2. The van der Waals surface area contributed by atoms with Crippen LogP contribution in [0.4, 0.5) is 0 Å². The van der Waals surface area contributed by atoms with E-state index in [1.165, 1.54) is 10.9 Å². The third-order valence-electron chi connectivity index (χ3n) is 2.96. The minimum Gasteiger partial charge on any atom is -0.492 e. The molecule has 16 heavy (non-hydrogen) atoms. The van der Waals surface area contributed by atoms with Crippen LogP contribution in [0.1, 0.15) is 16.9 Å². The molecule has 1 amide bonds. The predicted octanol–water partition coefficient (Wildman–Crippen LogP) is -0.238. The molecule has 1 aromatic rings. The van der Waals surface area contributed by atoms with E-state index >= 15 is 0 Å². The molecule has 82 valence electrons. The number of hydrogen-bond acceptors (Lipinski definition) is 4. The summed E-state index contributed by atoms with van der Waals surface area (Å²) in [4.78, 5) is 27.0. The predicted molar refractivity (Wildman–Crippen MR) is 53.6 cm³/mol. The van der Waals surface area contributed by atoms with E-state index in [1.54, 1.807) is 0 Å². The van der Waals surface area contributed by atoms with Gasteiger partial charge in [-0.1, -0.05) is 6.08 Å². The number of hydrogen-bond donors (Lipinski definition) is 2. The molecule has 0 fully saturated rings. The number of rotatable bonds is 0. The second-order valence-corrected chi connectivity index (χ2v) is 3.84. The maximum Gasteiger partial charge on any atom is 0.237 e. The van der Waals surface area contributed by atoms with Crippen LogP contribution in [0.2, 0.25) is 0 Å². The Kier molecular flexibility index (Phi) is 1.68. The lowest BCUT2D eigenvalue weighted by atomic mass is 9.86. The second kappa shape index (κ2) is 2.94. The fraction of sp³-hybridized carbons (Fsp3) is 0.300. The maximum absolute atomic E-state index is 11.7. The van der Waals surface area contributed by atoms with E-state index in [0.717, 1.165) is 0 Å². The first-order valence-electron chi connectivity index (χ1n) is 4.96. The highest BCUT2D eigenvalue weighted by molar-refractivity contribution is 6.02. The maximum atomic E-state index is 11.7. The summed E-state index contributed by atoms with van der Waals surface area (Å²) < 4.78 is 1.30. The van der Waals surface area contributed by atoms with E-state index in [1.807, 2.05) is 6.08 Å². The van der Waals surface area contributed by atoms with Crippen molar-refractivity contribution in [2.45, 2.75) is 6.42 Å². The Hall–Kier alpha value is -2.11. The van der Waals surface area contributed by atoms with Crippen LogP contribution < -0.4 is 5.32 Å². The van der Waals surface area contributed by atoms with E-state index in [0.29, 0.717) is 17.8 Å². The van der Waals surface area contributed by atoms with Gasteiger partial charge in [0.05, 0.1) is 5.92 Å². The van der Waals surface area contributed by atoms with Crippen molar-refractivity contribution in [2.75, 3.05) is 6.54 Å². The largest absolute Gasteiger partial charge is 0.492 e. The number of carbonyl (C=O) groups excluding carboxylic acids is 2. The number of nitrogens with zero attached hydrogens (tertiary/aromatic N) is 2. The van der Waals surface area contributed by atoms with Crippen molar-refractivity contribution in [1.82, 2.24) is 14.9 Å². The monoisotopic (exact) mass is 219 g/mol. The zero-order chi connectivity index (χ0) is 11.3. The summed E-state index contributed by atoms with van der Waals surface area (Å²) in [6.07, 6.45) is 3.22. The Bertz CT molecular complexity index is 529. The first-order chi connectivity index (χ1) is 7.68. The molecule has 0 bridgehead atoms. The zero-order valence-corrected chi connectivity index (χ0v) is 8.30. The lowest BCUT2D eigenvalue weighted by Crippen LogP contribution is -2.40. The van der Waals surface area contributed by atoms with Gasteiger partial charge in [-0.25, -0.2) is 4.98 Å². The Balaban J connectivity index is 2.23. The molecule has 0 radical (unpaired) electrons. The Morgan fingerprint density at radius 2 is 2.31 bits per heavy atom. The van der Waals surface area contributed by atoms with Gasteiger partial charge in [0.15, 0.2) is 0 Å². The van der Waals surface area contributed by atoms with Crippen LogP contribution >= 0.6 is 0 Å². The molecule has 3 heterocycles. The van der Waals surface area contributed by atoms with Crippen LogP contribution in [-0.4, -0.2) is 33.0 Å². The molecule has 1 aromatic heterocycles. The highest BCUT2D eigenvalue weighted by atomic mass is 16.3. The second-order valence-electron chi connectivity index (χ2n) is 3.84. The molecule has 0 aromatic carbocycles. The Morgan fingerprint density at radius 1 is 1.50 bits per heavy atom. The van der Waals surface area contributed by atoms with Crippen LogP contribution in [-0.2, 0) is 4.79 Å². The highest BCUT2D eigenvalue weighted by Gasteiger charge is 2.37. The van der Waals surface area contributed by atoms with E-state index in [9.17, 15) is 14.7 Å². The molecule has 3 rings (SSSR count). The average molecular weight is 219 g/mol. The summed E-state index contributed by atoms with van der Waals surface area (Å²) in [5.41, 5.74) is 1.05. The zero-order valence-electron chi connectivity index (χ0n) is 8.30. The number of amides is 1. The summed E-state index contributed by atoms with van der Waals surface area (Å²) in [5, 5.41) is 12.2. The van der Waals surface area contributed by atoms with Gasteiger partial charge in [0, 0.05) is 13.0 Å². The summed E-state index contributed by atoms with van der Waals surface area (Å²) in [5.74, 6) is -1.07. The molecule has 1 unspecified atom stereocenters. The number of aromatic hydroxyl groups is 1. The van der Waals surface area contributed by atoms with Gasteiger partial charge in [0.1, 0.15) is 12.0 Å². The number of nitrogens with one attached hydrogen (secondary N) is 1. The van der Waals surface area contributed by atoms with Crippen molar-refractivity contribution in [2.24, 2.45) is 5.92 Å². The van der Waals surface area contributed by atoms with E-state index in [4.69, 9.17) is 0 Å². The van der Waals surface area contributed by atoms with Gasteiger partial charge in [-0.2, -0.15) is 0 Å². The summed E-state index contributed by atoms with van der Waals surface area (Å²) in [7, 11) is 0. The third kappa shape index (κ3) is 1.04. The summed E-state index contributed by atoms with van der Waals surface area (Å²) >= 11 is 0. The van der Waals surface area contributed by atoms with Gasteiger partial charge >= 0.3 is 0 Å². The molecule has 2 N–H and O–H groups in total. The minimum absolute atomic E-state index is 0.125. The van der Waals surface area contributed by atoms with E-state index in [2.05, 4.69) is 10.3 Å². The lowest BCUT2D eigenvalue weighted by molar-refractivity contribution is -0.123. The van der Waals surface area contributed by atoms with Crippen molar-refractivity contribution in [3.8, 4) is 5.88 Å². The fourth-order valence-corrected chi connectivity index (χ4v) is 2.20. The first-order valence-corrected chi connectivity index (χ1v) is 4.96. The highest BCUT2D eigenvalue weighted by Crippen LogP contribution is 2.37. The molecule has 6 heteroatoms. The van der Waals surface area contributed by atoms with E-state index < -0.39 is 5.92 Å². The Labute approximate surface area is 90.6 Å². The molecular weight excluding hydrogens is 210 g/mol. The van der Waals surface area contributed by atoms with Crippen LogP contribution in [0.15, 0.2) is 12.4 Å². The molecule has 0 aliphatic carbocycles. The third-order valence-corrected chi connectivity index (χ3v) is 2.96. The minimum atomic E-state index is -0.489. The van der Waals surface area contributed by atoms with Crippen LogP contribution in [0.3, 0.4) is 0 Å². The molecular formula is C10H9N3O3. The molecule has 0 spiro atoms. The standard InChI is InChI=1S/C10H9N3O3/c14-7-3-6-5(1-2-11-9(6)15)8-10(16)12-4-13(7)8/h1,4,6,16H,2-3H2,(H,11,15). The lowest BCUT2D eigenvalue weighted by Gasteiger charge is -2.28. The summed E-state index contributed by atoms with van der Waals surface area (Å²) in [6.45, 7) is 0.420. The molecule has 2 aliphatic heterocycles. The number of carbonyl (C=O) groups is 2. The summed E-state index contributed by atoms with van der Waals surface area (Å²) in [6, 6.07) is 0. The quantitative estimate of drug-likeness (QED) is 0.630. The molecule has 1 atom stereocenters. The number of aromatic nitrogens is 2. The first kappa shape index (κ1) is 9.14. The molecule has 0 saturated heterocycles. The molecule has 2 aliphatic rings. The average Bonchev–Trinajstić information content (AvgIpc) is 2.64. The fourth-order valence-electron chi connectivity index (χ4n) is 2.20. The van der Waals surface area contributed by atoms with Gasteiger partial charge in [-0.3, -0.25) is 14.2 Å². The smallest absolute Gasteiger partial charge is 0.237 e. The van der Waals surface area contributed by atoms with Crippen molar-refractivity contribution in [3.05, 3.63) is 18.1 Å².